The van der Waals surface area contributed by atoms with E-state index in [0.717, 1.165) is 16.1 Å². The Morgan fingerprint density at radius 3 is 2.61 bits per heavy atom. The van der Waals surface area contributed by atoms with Gasteiger partial charge in [-0.1, -0.05) is 41.9 Å². The number of hydrogen-bond donors (Lipinski definition) is 0. The van der Waals surface area contributed by atoms with E-state index in [-0.39, 0.29) is 0 Å². The highest BCUT2D eigenvalue weighted by atomic mass is 35.5. The topological polar surface area (TPSA) is 38.7 Å². The minimum absolute atomic E-state index is 0.437. The smallest absolute Gasteiger partial charge is 0.173 e. The minimum atomic E-state index is 0.437. The van der Waals surface area contributed by atoms with Gasteiger partial charge in [-0.25, -0.2) is 9.97 Å². The van der Waals surface area contributed by atoms with Gasteiger partial charge in [0.2, 0.25) is 0 Å². The van der Waals surface area contributed by atoms with Gasteiger partial charge < -0.3 is 0 Å². The van der Waals surface area contributed by atoms with Crippen molar-refractivity contribution >= 4 is 22.9 Å². The maximum Gasteiger partial charge on any atom is 0.173 e. The molecule has 0 N–H and O–H groups in total. The van der Waals surface area contributed by atoms with Gasteiger partial charge in [0.1, 0.15) is 5.15 Å². The molecule has 0 saturated carbocycles. The molecule has 3 nitrogen and oxygen atoms in total. The van der Waals surface area contributed by atoms with E-state index in [4.69, 9.17) is 11.6 Å². The summed E-state index contributed by atoms with van der Waals surface area (Å²) in [5, 5.41) is 0.437. The Labute approximate surface area is 113 Å². The SMILES string of the molecule is Clc1cc(-c2ccccc2)nc(-c2cncs2)n1. The maximum absolute atomic E-state index is 6.05. The highest BCUT2D eigenvalue weighted by Crippen LogP contribution is 2.25. The molecular formula is C13H8ClN3S. The van der Waals surface area contributed by atoms with Gasteiger partial charge in [-0.05, 0) is 0 Å². The third-order valence-corrected chi connectivity index (χ3v) is 3.38. The average molecular weight is 274 g/mol. The molecule has 0 aliphatic heterocycles. The van der Waals surface area contributed by atoms with Crippen molar-refractivity contribution in [3.63, 3.8) is 0 Å². The molecule has 2 aromatic heterocycles. The number of nitrogens with zero attached hydrogens (tertiary/aromatic N) is 3. The summed E-state index contributed by atoms with van der Waals surface area (Å²) in [6, 6.07) is 11.7. The Bertz CT molecular complexity index is 653. The predicted molar refractivity (Wildman–Crippen MR) is 73.6 cm³/mol. The molecule has 2 heterocycles. The van der Waals surface area contributed by atoms with E-state index in [1.54, 1.807) is 17.8 Å². The fourth-order valence-corrected chi connectivity index (χ4v) is 2.35. The quantitative estimate of drug-likeness (QED) is 0.664. The lowest BCUT2D eigenvalue weighted by Gasteiger charge is -2.03. The normalized spacial score (nSPS) is 10.5. The first-order chi connectivity index (χ1) is 8.83. The second-order valence-corrected chi connectivity index (χ2v) is 4.90. The van der Waals surface area contributed by atoms with Crippen molar-refractivity contribution in [2.75, 3.05) is 0 Å². The molecule has 88 valence electrons. The van der Waals surface area contributed by atoms with Gasteiger partial charge >= 0.3 is 0 Å². The van der Waals surface area contributed by atoms with Gasteiger partial charge in [-0.2, -0.15) is 0 Å². The van der Waals surface area contributed by atoms with Gasteiger partial charge in [0.25, 0.3) is 0 Å². The van der Waals surface area contributed by atoms with Crippen LogP contribution in [0.2, 0.25) is 5.15 Å². The first kappa shape index (κ1) is 11.3. The zero-order valence-electron chi connectivity index (χ0n) is 9.25. The van der Waals surface area contributed by atoms with Crippen molar-refractivity contribution in [3.8, 4) is 22.0 Å². The summed E-state index contributed by atoms with van der Waals surface area (Å²) in [5.74, 6) is 0.615. The number of aromatic nitrogens is 3. The molecular weight excluding hydrogens is 266 g/mol. The highest BCUT2D eigenvalue weighted by molar-refractivity contribution is 7.13. The summed E-state index contributed by atoms with van der Waals surface area (Å²) in [5.41, 5.74) is 3.59. The Kier molecular flexibility index (Phi) is 3.04. The molecule has 0 spiro atoms. The number of benzene rings is 1. The fraction of sp³-hybridized carbons (Fsp3) is 0. The van der Waals surface area contributed by atoms with E-state index in [9.17, 15) is 0 Å². The number of hydrogen-bond acceptors (Lipinski definition) is 4. The lowest BCUT2D eigenvalue weighted by molar-refractivity contribution is 1.19. The van der Waals surface area contributed by atoms with Crippen LogP contribution in [0.3, 0.4) is 0 Å². The summed E-state index contributed by atoms with van der Waals surface area (Å²) < 4.78 is 0. The van der Waals surface area contributed by atoms with Crippen molar-refractivity contribution in [3.05, 3.63) is 53.3 Å². The van der Waals surface area contributed by atoms with Gasteiger partial charge in [0, 0.05) is 17.8 Å². The molecule has 0 aliphatic rings. The Morgan fingerprint density at radius 2 is 1.89 bits per heavy atom. The monoisotopic (exact) mass is 273 g/mol. The molecule has 0 atom stereocenters. The van der Waals surface area contributed by atoms with Crippen LogP contribution < -0.4 is 0 Å². The largest absolute Gasteiger partial charge is 0.252 e. The van der Waals surface area contributed by atoms with Gasteiger partial charge in [0.05, 0.1) is 16.1 Å². The molecule has 0 fully saturated rings. The van der Waals surface area contributed by atoms with Crippen LogP contribution in [0.4, 0.5) is 0 Å². The fourth-order valence-electron chi connectivity index (χ4n) is 1.61. The molecule has 18 heavy (non-hydrogen) atoms. The van der Waals surface area contributed by atoms with Crippen molar-refractivity contribution in [2.24, 2.45) is 0 Å². The van der Waals surface area contributed by atoms with E-state index in [2.05, 4.69) is 15.0 Å². The van der Waals surface area contributed by atoms with Crippen LogP contribution in [0.15, 0.2) is 48.1 Å². The lowest BCUT2D eigenvalue weighted by atomic mass is 10.1. The number of halogens is 1. The Hall–Kier alpha value is -1.78. The van der Waals surface area contributed by atoms with Crippen molar-refractivity contribution in [2.45, 2.75) is 0 Å². The van der Waals surface area contributed by atoms with Crippen LogP contribution in [0.1, 0.15) is 0 Å². The second-order valence-electron chi connectivity index (χ2n) is 3.63. The molecule has 1 aromatic carbocycles. The third kappa shape index (κ3) is 2.25. The van der Waals surface area contributed by atoms with Crippen LogP contribution in [0.5, 0.6) is 0 Å². The van der Waals surface area contributed by atoms with E-state index < -0.39 is 0 Å². The van der Waals surface area contributed by atoms with E-state index in [1.165, 1.54) is 11.3 Å². The Morgan fingerprint density at radius 1 is 1.06 bits per heavy atom. The standard InChI is InChI=1S/C13H8ClN3S/c14-12-6-10(9-4-2-1-3-5-9)16-13(17-12)11-7-15-8-18-11/h1-8H. The van der Waals surface area contributed by atoms with Crippen LogP contribution >= 0.6 is 22.9 Å². The predicted octanol–water partition coefficient (Wildman–Crippen LogP) is 3.92. The molecule has 0 aliphatic carbocycles. The van der Waals surface area contributed by atoms with Crippen LogP contribution in [0.25, 0.3) is 22.0 Å². The van der Waals surface area contributed by atoms with Crippen molar-refractivity contribution in [1.29, 1.82) is 0 Å². The summed E-state index contributed by atoms with van der Waals surface area (Å²) >= 11 is 7.54. The molecule has 0 saturated heterocycles. The molecule has 0 bridgehead atoms. The van der Waals surface area contributed by atoms with Crippen LogP contribution in [-0.4, -0.2) is 15.0 Å². The summed E-state index contributed by atoms with van der Waals surface area (Å²) in [4.78, 5) is 13.7. The zero-order chi connectivity index (χ0) is 12.4. The second kappa shape index (κ2) is 4.84. The summed E-state index contributed by atoms with van der Waals surface area (Å²) in [7, 11) is 0. The van der Waals surface area contributed by atoms with Crippen molar-refractivity contribution < 1.29 is 0 Å². The number of thiazole rings is 1. The summed E-state index contributed by atoms with van der Waals surface area (Å²) in [6.07, 6.45) is 1.74. The van der Waals surface area contributed by atoms with Gasteiger partial charge in [-0.3, -0.25) is 4.98 Å². The lowest BCUT2D eigenvalue weighted by Crippen LogP contribution is -1.91. The molecule has 0 amide bonds. The van der Waals surface area contributed by atoms with E-state index in [1.807, 2.05) is 30.3 Å². The van der Waals surface area contributed by atoms with Crippen molar-refractivity contribution in [1.82, 2.24) is 15.0 Å². The van der Waals surface area contributed by atoms with Gasteiger partial charge in [-0.15, -0.1) is 11.3 Å². The minimum Gasteiger partial charge on any atom is -0.252 e. The average Bonchev–Trinajstić information content (AvgIpc) is 2.93. The first-order valence-corrected chi connectivity index (χ1v) is 6.57. The zero-order valence-corrected chi connectivity index (χ0v) is 10.8. The first-order valence-electron chi connectivity index (χ1n) is 5.32. The third-order valence-electron chi connectivity index (χ3n) is 2.42. The molecule has 3 aromatic rings. The number of rotatable bonds is 2. The molecule has 5 heteroatoms. The summed E-state index contributed by atoms with van der Waals surface area (Å²) in [6.45, 7) is 0. The van der Waals surface area contributed by atoms with Gasteiger partial charge in [0.15, 0.2) is 5.82 Å². The highest BCUT2D eigenvalue weighted by Gasteiger charge is 2.08. The van der Waals surface area contributed by atoms with E-state index >= 15 is 0 Å². The van der Waals surface area contributed by atoms with E-state index in [0.29, 0.717) is 11.0 Å². The maximum atomic E-state index is 6.05. The van der Waals surface area contributed by atoms with Crippen LogP contribution in [0, 0.1) is 0 Å². The molecule has 0 unspecified atom stereocenters. The molecule has 3 rings (SSSR count). The molecule has 0 radical (unpaired) electrons. The van der Waals surface area contributed by atoms with Crippen LogP contribution in [-0.2, 0) is 0 Å². The Balaban J connectivity index is 2.12.